The van der Waals surface area contributed by atoms with Crippen LogP contribution in [0, 0.1) is 5.92 Å². The molecule has 0 spiro atoms. The zero-order valence-electron chi connectivity index (χ0n) is 11.0. The Balaban J connectivity index is 2.40. The first-order valence-electron chi connectivity index (χ1n) is 5.69. The molecule has 0 aliphatic heterocycles. The maximum absolute atomic E-state index is 11.9. The minimum atomic E-state index is -0.533. The second kappa shape index (κ2) is 5.95. The average Bonchev–Trinajstić information content (AvgIpc) is 2.75. The molecule has 0 fully saturated rings. The largest absolute Gasteiger partial charge is 0.444 e. The van der Waals surface area contributed by atoms with Gasteiger partial charge in [0.15, 0.2) is 5.78 Å². The zero-order valence-corrected chi connectivity index (χ0v) is 11.8. The summed E-state index contributed by atoms with van der Waals surface area (Å²) in [5.41, 5.74) is 1.08. The van der Waals surface area contributed by atoms with E-state index in [4.69, 9.17) is 4.74 Å². The van der Waals surface area contributed by atoms with Gasteiger partial charge in [0.2, 0.25) is 0 Å². The van der Waals surface area contributed by atoms with Gasteiger partial charge in [-0.3, -0.25) is 9.78 Å². The monoisotopic (exact) mass is 270 g/mol. The predicted octanol–water partition coefficient (Wildman–Crippen LogP) is 2.49. The van der Waals surface area contributed by atoms with Gasteiger partial charge in [-0.15, -0.1) is 11.3 Å². The first-order chi connectivity index (χ1) is 8.29. The fourth-order valence-electron chi connectivity index (χ4n) is 1.22. The quantitative estimate of drug-likeness (QED) is 0.853. The lowest BCUT2D eigenvalue weighted by molar-refractivity contribution is 0.0520. The van der Waals surface area contributed by atoms with E-state index in [-0.39, 0.29) is 18.2 Å². The third-order valence-electron chi connectivity index (χ3n) is 2.07. The van der Waals surface area contributed by atoms with E-state index in [1.54, 1.807) is 33.2 Å². The Morgan fingerprint density at radius 3 is 2.67 bits per heavy atom. The van der Waals surface area contributed by atoms with E-state index in [9.17, 15) is 9.59 Å². The van der Waals surface area contributed by atoms with Crippen molar-refractivity contribution in [2.75, 3.05) is 6.54 Å². The maximum atomic E-state index is 11.9. The molecule has 5 nitrogen and oxygen atoms in total. The molecule has 1 atom stereocenters. The van der Waals surface area contributed by atoms with Crippen LogP contribution in [0.5, 0.6) is 0 Å². The van der Waals surface area contributed by atoms with Crippen molar-refractivity contribution in [3.05, 3.63) is 16.6 Å². The average molecular weight is 270 g/mol. The number of alkyl carbamates (subject to hydrolysis) is 1. The second-order valence-corrected chi connectivity index (χ2v) is 5.90. The van der Waals surface area contributed by atoms with Gasteiger partial charge in [-0.2, -0.15) is 0 Å². The molecule has 100 valence electrons. The number of hydrogen-bond donors (Lipinski definition) is 1. The van der Waals surface area contributed by atoms with Crippen molar-refractivity contribution in [2.45, 2.75) is 33.3 Å². The first kappa shape index (κ1) is 14.6. The molecule has 0 bridgehead atoms. The SMILES string of the molecule is CC(CNC(=O)OC(C)(C)C)C(=O)c1cncs1. The molecular weight excluding hydrogens is 252 g/mol. The lowest BCUT2D eigenvalue weighted by Gasteiger charge is -2.20. The van der Waals surface area contributed by atoms with Crippen LogP contribution in [0.1, 0.15) is 37.4 Å². The summed E-state index contributed by atoms with van der Waals surface area (Å²) in [5.74, 6) is -0.313. The van der Waals surface area contributed by atoms with Crippen LogP contribution in [-0.2, 0) is 4.74 Å². The minimum Gasteiger partial charge on any atom is -0.444 e. The van der Waals surface area contributed by atoms with Gasteiger partial charge >= 0.3 is 6.09 Å². The maximum Gasteiger partial charge on any atom is 0.407 e. The normalized spacial score (nSPS) is 12.9. The van der Waals surface area contributed by atoms with Crippen LogP contribution in [-0.4, -0.2) is 29.0 Å². The summed E-state index contributed by atoms with van der Waals surface area (Å²) < 4.78 is 5.09. The summed E-state index contributed by atoms with van der Waals surface area (Å²) in [7, 11) is 0. The van der Waals surface area contributed by atoms with Crippen molar-refractivity contribution in [2.24, 2.45) is 5.92 Å². The number of nitrogens with zero attached hydrogens (tertiary/aromatic N) is 1. The topological polar surface area (TPSA) is 68.3 Å². The molecule has 1 N–H and O–H groups in total. The van der Waals surface area contributed by atoms with Gasteiger partial charge in [0.05, 0.1) is 10.4 Å². The number of carbonyl (C=O) groups excluding carboxylic acids is 2. The predicted molar refractivity (Wildman–Crippen MR) is 69.8 cm³/mol. The Kier molecular flexibility index (Phi) is 4.84. The van der Waals surface area contributed by atoms with E-state index in [2.05, 4.69) is 10.3 Å². The molecule has 18 heavy (non-hydrogen) atoms. The Morgan fingerprint density at radius 1 is 1.50 bits per heavy atom. The fraction of sp³-hybridized carbons (Fsp3) is 0.583. The second-order valence-electron chi connectivity index (χ2n) is 5.01. The fourth-order valence-corrected chi connectivity index (χ4v) is 1.90. The smallest absolute Gasteiger partial charge is 0.407 e. The number of Topliss-reactive ketones (excluding diaryl/α,β-unsaturated/α-hetero) is 1. The van der Waals surface area contributed by atoms with E-state index < -0.39 is 11.7 Å². The molecule has 0 saturated heterocycles. The molecule has 6 heteroatoms. The summed E-state index contributed by atoms with van der Waals surface area (Å²) in [6.45, 7) is 7.39. The first-order valence-corrected chi connectivity index (χ1v) is 6.57. The van der Waals surface area contributed by atoms with Gasteiger partial charge in [-0.1, -0.05) is 6.92 Å². The lowest BCUT2D eigenvalue weighted by Crippen LogP contribution is -2.36. The van der Waals surface area contributed by atoms with Gasteiger partial charge in [-0.25, -0.2) is 4.79 Å². The van der Waals surface area contributed by atoms with Gasteiger partial charge in [0, 0.05) is 18.7 Å². The molecule has 0 aliphatic rings. The molecule has 1 unspecified atom stereocenters. The molecular formula is C12H18N2O3S. The van der Waals surface area contributed by atoms with E-state index in [1.165, 1.54) is 17.5 Å². The highest BCUT2D eigenvalue weighted by atomic mass is 32.1. The summed E-state index contributed by atoms with van der Waals surface area (Å²) in [6.07, 6.45) is 1.03. The molecule has 0 radical (unpaired) electrons. The third-order valence-corrected chi connectivity index (χ3v) is 2.86. The van der Waals surface area contributed by atoms with Crippen LogP contribution >= 0.6 is 11.3 Å². The molecule has 1 amide bonds. The number of nitrogens with one attached hydrogen (secondary N) is 1. The van der Waals surface area contributed by atoms with Crippen LogP contribution in [0.2, 0.25) is 0 Å². The number of amides is 1. The summed E-state index contributed by atoms with van der Waals surface area (Å²) in [6, 6.07) is 0. The number of ether oxygens (including phenoxy) is 1. The highest BCUT2D eigenvalue weighted by Crippen LogP contribution is 2.12. The highest BCUT2D eigenvalue weighted by molar-refractivity contribution is 7.11. The van der Waals surface area contributed by atoms with E-state index in [0.29, 0.717) is 4.88 Å². The van der Waals surface area contributed by atoms with Crippen molar-refractivity contribution in [3.8, 4) is 0 Å². The van der Waals surface area contributed by atoms with Crippen LogP contribution in [0.3, 0.4) is 0 Å². The molecule has 1 aromatic rings. The van der Waals surface area contributed by atoms with Crippen molar-refractivity contribution in [1.29, 1.82) is 0 Å². The molecule has 1 aromatic heterocycles. The number of aromatic nitrogens is 1. The van der Waals surface area contributed by atoms with Crippen molar-refractivity contribution >= 4 is 23.2 Å². The van der Waals surface area contributed by atoms with E-state index in [0.717, 1.165) is 0 Å². The lowest BCUT2D eigenvalue weighted by atomic mass is 10.1. The van der Waals surface area contributed by atoms with Crippen LogP contribution in [0.4, 0.5) is 4.79 Å². The standard InChI is InChI=1S/C12H18N2O3S/c1-8(10(15)9-6-13-7-18-9)5-14-11(16)17-12(2,3)4/h6-8H,5H2,1-4H3,(H,14,16). The Labute approximate surface area is 111 Å². The van der Waals surface area contributed by atoms with Gasteiger partial charge < -0.3 is 10.1 Å². The minimum absolute atomic E-state index is 0.0199. The van der Waals surface area contributed by atoms with Gasteiger partial charge in [0.25, 0.3) is 0 Å². The van der Waals surface area contributed by atoms with Crippen LogP contribution < -0.4 is 5.32 Å². The number of ketones is 1. The molecule has 0 aromatic carbocycles. The summed E-state index contributed by atoms with van der Waals surface area (Å²) >= 11 is 1.30. The zero-order chi connectivity index (χ0) is 13.8. The summed E-state index contributed by atoms with van der Waals surface area (Å²) in [4.78, 5) is 27.8. The molecule has 1 heterocycles. The Hall–Kier alpha value is -1.43. The van der Waals surface area contributed by atoms with E-state index in [1.807, 2.05) is 0 Å². The molecule has 1 rings (SSSR count). The Bertz CT molecular complexity index is 409. The van der Waals surface area contributed by atoms with Crippen LogP contribution in [0.25, 0.3) is 0 Å². The Morgan fingerprint density at radius 2 is 2.17 bits per heavy atom. The van der Waals surface area contributed by atoms with E-state index >= 15 is 0 Å². The number of rotatable bonds is 4. The molecule has 0 aliphatic carbocycles. The molecule has 0 saturated carbocycles. The third kappa shape index (κ3) is 4.83. The van der Waals surface area contributed by atoms with Crippen LogP contribution in [0.15, 0.2) is 11.7 Å². The van der Waals surface area contributed by atoms with Crippen molar-refractivity contribution in [1.82, 2.24) is 10.3 Å². The van der Waals surface area contributed by atoms with Crippen molar-refractivity contribution < 1.29 is 14.3 Å². The number of thiazole rings is 1. The highest BCUT2D eigenvalue weighted by Gasteiger charge is 2.20. The van der Waals surface area contributed by atoms with Gasteiger partial charge in [-0.05, 0) is 20.8 Å². The van der Waals surface area contributed by atoms with Crippen molar-refractivity contribution in [3.63, 3.8) is 0 Å². The number of hydrogen-bond acceptors (Lipinski definition) is 5. The van der Waals surface area contributed by atoms with Gasteiger partial charge in [0.1, 0.15) is 5.60 Å². The number of carbonyl (C=O) groups is 2. The summed E-state index contributed by atoms with van der Waals surface area (Å²) in [5, 5.41) is 2.58.